The number of amides is 1. The molecular weight excluding hydrogens is 430 g/mol. The van der Waals surface area contributed by atoms with E-state index >= 15 is 0 Å². The van der Waals surface area contributed by atoms with Gasteiger partial charge in [-0.25, -0.2) is 4.39 Å². The SMILES string of the molecule is COC(=O)Cn1c(=NC(=O)COc2ccc(Cl)cc2Cl)sc2cc(F)ccc21. The molecule has 0 bridgehead atoms. The van der Waals surface area contributed by atoms with Crippen molar-refractivity contribution in [1.29, 1.82) is 0 Å². The minimum absolute atomic E-state index is 0.169. The monoisotopic (exact) mass is 442 g/mol. The second-order valence-corrected chi connectivity index (χ2v) is 7.38. The van der Waals surface area contributed by atoms with Crippen LogP contribution >= 0.6 is 34.5 Å². The Morgan fingerprint density at radius 2 is 2.00 bits per heavy atom. The van der Waals surface area contributed by atoms with Crippen LogP contribution in [0.2, 0.25) is 10.0 Å². The molecule has 0 aliphatic rings. The highest BCUT2D eigenvalue weighted by molar-refractivity contribution is 7.16. The molecule has 0 N–H and O–H groups in total. The third kappa shape index (κ3) is 4.70. The topological polar surface area (TPSA) is 69.9 Å². The van der Waals surface area contributed by atoms with E-state index in [0.29, 0.717) is 15.2 Å². The first-order valence-corrected chi connectivity index (χ1v) is 9.45. The molecule has 0 radical (unpaired) electrons. The molecule has 0 saturated carbocycles. The van der Waals surface area contributed by atoms with Gasteiger partial charge >= 0.3 is 5.97 Å². The molecule has 0 atom stereocenters. The number of hydrogen-bond donors (Lipinski definition) is 0. The largest absolute Gasteiger partial charge is 0.482 e. The Balaban J connectivity index is 1.90. The van der Waals surface area contributed by atoms with Gasteiger partial charge in [-0.15, -0.1) is 0 Å². The van der Waals surface area contributed by atoms with E-state index in [9.17, 15) is 14.0 Å². The molecule has 3 rings (SSSR count). The average molecular weight is 443 g/mol. The summed E-state index contributed by atoms with van der Waals surface area (Å²) in [6.07, 6.45) is 0. The van der Waals surface area contributed by atoms with Crippen LogP contribution in [0.15, 0.2) is 41.4 Å². The van der Waals surface area contributed by atoms with E-state index in [1.807, 2.05) is 0 Å². The van der Waals surface area contributed by atoms with Gasteiger partial charge in [-0.2, -0.15) is 4.99 Å². The van der Waals surface area contributed by atoms with Crippen molar-refractivity contribution in [2.24, 2.45) is 4.99 Å². The van der Waals surface area contributed by atoms with E-state index in [2.05, 4.69) is 9.73 Å². The number of carbonyl (C=O) groups is 2. The number of fused-ring (bicyclic) bond motifs is 1. The predicted octanol–water partition coefficient (Wildman–Crippen LogP) is 3.83. The van der Waals surface area contributed by atoms with Crippen LogP contribution in [0.1, 0.15) is 0 Å². The number of carbonyl (C=O) groups excluding carboxylic acids is 2. The van der Waals surface area contributed by atoms with Crippen molar-refractivity contribution in [1.82, 2.24) is 4.57 Å². The second-order valence-electron chi connectivity index (χ2n) is 5.53. The van der Waals surface area contributed by atoms with Gasteiger partial charge in [0.05, 0.1) is 22.3 Å². The van der Waals surface area contributed by atoms with Crippen molar-refractivity contribution < 1.29 is 23.5 Å². The van der Waals surface area contributed by atoms with E-state index in [1.165, 1.54) is 42.0 Å². The van der Waals surface area contributed by atoms with Crippen molar-refractivity contribution in [2.45, 2.75) is 6.54 Å². The zero-order valence-electron chi connectivity index (χ0n) is 14.4. The molecule has 146 valence electrons. The number of thiazole rings is 1. The Labute approximate surface area is 172 Å². The molecule has 0 aliphatic carbocycles. The summed E-state index contributed by atoms with van der Waals surface area (Å²) in [5, 5.41) is 0.702. The number of esters is 1. The number of aromatic nitrogens is 1. The normalized spacial score (nSPS) is 11.6. The van der Waals surface area contributed by atoms with Crippen molar-refractivity contribution in [3.8, 4) is 5.75 Å². The van der Waals surface area contributed by atoms with Crippen LogP contribution in [0.25, 0.3) is 10.2 Å². The summed E-state index contributed by atoms with van der Waals surface area (Å²) in [6.45, 7) is -0.541. The van der Waals surface area contributed by atoms with E-state index in [0.717, 1.165) is 11.3 Å². The van der Waals surface area contributed by atoms with Crippen LogP contribution in [-0.2, 0) is 20.9 Å². The Hall–Kier alpha value is -2.42. The number of methoxy groups -OCH3 is 1. The zero-order chi connectivity index (χ0) is 20.3. The highest BCUT2D eigenvalue weighted by atomic mass is 35.5. The van der Waals surface area contributed by atoms with Gasteiger partial charge in [-0.05, 0) is 36.4 Å². The number of halogens is 3. The van der Waals surface area contributed by atoms with Crippen LogP contribution < -0.4 is 9.54 Å². The van der Waals surface area contributed by atoms with Gasteiger partial charge in [0.15, 0.2) is 11.4 Å². The molecule has 0 saturated heterocycles. The van der Waals surface area contributed by atoms with Gasteiger partial charge < -0.3 is 14.0 Å². The summed E-state index contributed by atoms with van der Waals surface area (Å²) in [7, 11) is 1.25. The Morgan fingerprint density at radius 1 is 1.21 bits per heavy atom. The summed E-state index contributed by atoms with van der Waals surface area (Å²) in [5.41, 5.74) is 0.560. The molecule has 28 heavy (non-hydrogen) atoms. The summed E-state index contributed by atoms with van der Waals surface area (Å²) in [5.74, 6) is -1.27. The molecule has 3 aromatic rings. The molecule has 0 fully saturated rings. The van der Waals surface area contributed by atoms with E-state index < -0.39 is 17.7 Å². The van der Waals surface area contributed by atoms with Crippen LogP contribution in [-0.4, -0.2) is 30.2 Å². The van der Waals surface area contributed by atoms with Gasteiger partial charge in [-0.1, -0.05) is 34.5 Å². The summed E-state index contributed by atoms with van der Waals surface area (Å²) >= 11 is 12.9. The number of hydrogen-bond acceptors (Lipinski definition) is 5. The van der Waals surface area contributed by atoms with E-state index in [1.54, 1.807) is 6.07 Å². The van der Waals surface area contributed by atoms with Crippen molar-refractivity contribution in [3.05, 3.63) is 57.1 Å². The third-order valence-corrected chi connectivity index (χ3v) is 5.20. The molecule has 1 aromatic heterocycles. The summed E-state index contributed by atoms with van der Waals surface area (Å²) in [4.78, 5) is 28.2. The van der Waals surface area contributed by atoms with Crippen molar-refractivity contribution in [2.75, 3.05) is 13.7 Å². The van der Waals surface area contributed by atoms with Crippen LogP contribution in [0.4, 0.5) is 4.39 Å². The Morgan fingerprint density at radius 3 is 2.71 bits per heavy atom. The maximum atomic E-state index is 13.5. The number of benzene rings is 2. The minimum Gasteiger partial charge on any atom is -0.482 e. The summed E-state index contributed by atoms with van der Waals surface area (Å²) in [6, 6.07) is 8.69. The van der Waals surface area contributed by atoms with E-state index in [-0.39, 0.29) is 28.7 Å². The fraction of sp³-hybridized carbons (Fsp3) is 0.167. The maximum absolute atomic E-state index is 13.5. The lowest BCUT2D eigenvalue weighted by Gasteiger charge is -2.06. The molecule has 10 heteroatoms. The minimum atomic E-state index is -0.600. The molecule has 0 spiro atoms. The van der Waals surface area contributed by atoms with Crippen molar-refractivity contribution >= 4 is 56.6 Å². The Kier molecular flexibility index (Phi) is 6.33. The van der Waals surface area contributed by atoms with Gasteiger partial charge in [-0.3, -0.25) is 9.59 Å². The van der Waals surface area contributed by atoms with Crippen molar-refractivity contribution in [3.63, 3.8) is 0 Å². The van der Waals surface area contributed by atoms with Crippen LogP contribution in [0.5, 0.6) is 5.75 Å². The Bertz CT molecular complexity index is 1130. The average Bonchev–Trinajstić information content (AvgIpc) is 2.96. The third-order valence-electron chi connectivity index (χ3n) is 3.63. The smallest absolute Gasteiger partial charge is 0.325 e. The van der Waals surface area contributed by atoms with Crippen LogP contribution in [0, 0.1) is 5.82 Å². The fourth-order valence-corrected chi connectivity index (χ4v) is 3.88. The van der Waals surface area contributed by atoms with Gasteiger partial charge in [0.1, 0.15) is 18.1 Å². The number of nitrogens with zero attached hydrogens (tertiary/aromatic N) is 2. The second kappa shape index (κ2) is 8.72. The first-order valence-electron chi connectivity index (χ1n) is 7.88. The van der Waals surface area contributed by atoms with Gasteiger partial charge in [0.2, 0.25) is 0 Å². The highest BCUT2D eigenvalue weighted by Gasteiger charge is 2.13. The molecule has 0 unspecified atom stereocenters. The van der Waals surface area contributed by atoms with Crippen LogP contribution in [0.3, 0.4) is 0 Å². The molecule has 1 amide bonds. The molecule has 2 aromatic carbocycles. The first-order chi connectivity index (χ1) is 13.4. The lowest BCUT2D eigenvalue weighted by Crippen LogP contribution is -2.23. The number of rotatable bonds is 5. The fourth-order valence-electron chi connectivity index (χ4n) is 2.35. The highest BCUT2D eigenvalue weighted by Crippen LogP contribution is 2.27. The number of ether oxygens (including phenoxy) is 2. The quantitative estimate of drug-likeness (QED) is 0.563. The summed E-state index contributed by atoms with van der Waals surface area (Å²) < 4.78 is 25.6. The predicted molar refractivity (Wildman–Crippen MR) is 104 cm³/mol. The zero-order valence-corrected chi connectivity index (χ0v) is 16.8. The molecule has 1 heterocycles. The van der Waals surface area contributed by atoms with E-state index in [4.69, 9.17) is 27.9 Å². The molecular formula is C18H13Cl2FN2O4S. The maximum Gasteiger partial charge on any atom is 0.325 e. The lowest BCUT2D eigenvalue weighted by molar-refractivity contribution is -0.141. The first kappa shape index (κ1) is 20.3. The van der Waals surface area contributed by atoms with Gasteiger partial charge in [0, 0.05) is 5.02 Å². The molecule has 6 nitrogen and oxygen atoms in total. The van der Waals surface area contributed by atoms with Gasteiger partial charge in [0.25, 0.3) is 5.91 Å². The lowest BCUT2D eigenvalue weighted by atomic mass is 10.3. The standard InChI is InChI=1S/C18H13Cl2FN2O4S/c1-26-17(25)8-23-13-4-3-11(21)7-15(13)28-18(23)22-16(24)9-27-14-5-2-10(19)6-12(14)20/h2-7H,8-9H2,1H3. The molecule has 0 aliphatic heterocycles.